The predicted octanol–water partition coefficient (Wildman–Crippen LogP) is 5.10. The Morgan fingerprint density at radius 1 is 0.938 bits per heavy atom. The first-order chi connectivity index (χ1) is 15.5. The molecule has 0 aliphatic rings. The molecule has 32 heavy (non-hydrogen) atoms. The van der Waals surface area contributed by atoms with E-state index in [1.165, 1.54) is 0 Å². The average molecular weight is 445 g/mol. The number of allylic oxidation sites excluding steroid dienone is 10. The molecule has 7 heteroatoms. The maximum Gasteiger partial charge on any atom is 0.331 e. The van der Waals surface area contributed by atoms with Crippen LogP contribution in [0.15, 0.2) is 76.5 Å². The number of unbranched alkanes of at least 4 members (excludes halogenated alkanes) is 1. The molecule has 1 aromatic rings. The zero-order chi connectivity index (χ0) is 23.4. The van der Waals surface area contributed by atoms with Crippen molar-refractivity contribution in [2.24, 2.45) is 0 Å². The van der Waals surface area contributed by atoms with E-state index in [-0.39, 0.29) is 6.42 Å². The summed E-state index contributed by atoms with van der Waals surface area (Å²) in [6, 6.07) is 0. The molecule has 0 radical (unpaired) electrons. The van der Waals surface area contributed by atoms with Gasteiger partial charge in [0.15, 0.2) is 6.73 Å². The lowest BCUT2D eigenvalue weighted by Crippen LogP contribution is -2.32. The Kier molecular flexibility index (Phi) is 14.6. The third kappa shape index (κ3) is 13.2. The average Bonchev–Trinajstić information content (AvgIpc) is 2.77. The Balaban J connectivity index is 2.07. The van der Waals surface area contributed by atoms with E-state index in [2.05, 4.69) is 55.5 Å². The summed E-state index contributed by atoms with van der Waals surface area (Å²) in [5, 5.41) is 0. The number of hydrogen-bond donors (Lipinski definition) is 1. The van der Waals surface area contributed by atoms with Crippen molar-refractivity contribution in [2.45, 2.75) is 65.0 Å². The van der Waals surface area contributed by atoms with Crippen LogP contribution in [0.4, 0.5) is 4.39 Å². The van der Waals surface area contributed by atoms with Gasteiger partial charge in [-0.2, -0.15) is 4.39 Å². The van der Waals surface area contributed by atoms with Crippen molar-refractivity contribution in [3.8, 4) is 0 Å². The summed E-state index contributed by atoms with van der Waals surface area (Å²) in [5.74, 6) is -1.60. The molecule has 1 aromatic heterocycles. The van der Waals surface area contributed by atoms with Crippen molar-refractivity contribution in [1.82, 2.24) is 9.55 Å². The number of hydrogen-bond acceptors (Lipinski definition) is 4. The second kappa shape index (κ2) is 17.5. The monoisotopic (exact) mass is 444 g/mol. The van der Waals surface area contributed by atoms with E-state index in [0.717, 1.165) is 43.1 Å². The van der Waals surface area contributed by atoms with E-state index in [9.17, 15) is 18.8 Å². The Morgan fingerprint density at radius 2 is 1.47 bits per heavy atom. The number of esters is 1. The summed E-state index contributed by atoms with van der Waals surface area (Å²) >= 11 is 0. The molecule has 1 N–H and O–H groups in total. The summed E-state index contributed by atoms with van der Waals surface area (Å²) in [6.45, 7) is 1.69. The number of aromatic nitrogens is 2. The van der Waals surface area contributed by atoms with Crippen LogP contribution < -0.4 is 11.2 Å². The normalized spacial score (nSPS) is 12.3. The van der Waals surface area contributed by atoms with E-state index < -0.39 is 29.8 Å². The van der Waals surface area contributed by atoms with Gasteiger partial charge < -0.3 is 4.74 Å². The molecular weight excluding hydrogens is 411 g/mol. The smallest absolute Gasteiger partial charge is 0.331 e. The highest BCUT2D eigenvalue weighted by atomic mass is 19.1. The highest BCUT2D eigenvalue weighted by Gasteiger charge is 2.06. The molecule has 1 heterocycles. The fraction of sp³-hybridized carbons (Fsp3) is 0.400. The first kappa shape index (κ1) is 26.8. The highest BCUT2D eigenvalue weighted by molar-refractivity contribution is 5.69. The molecule has 174 valence electrons. The van der Waals surface area contributed by atoms with Crippen LogP contribution in [0, 0.1) is 5.82 Å². The number of halogens is 1. The molecule has 6 nitrogen and oxygen atoms in total. The number of H-pyrrole nitrogens is 1. The van der Waals surface area contributed by atoms with Crippen LogP contribution in [0.2, 0.25) is 0 Å². The van der Waals surface area contributed by atoms with E-state index >= 15 is 0 Å². The van der Waals surface area contributed by atoms with Gasteiger partial charge in [0, 0.05) is 6.42 Å². The van der Waals surface area contributed by atoms with E-state index in [1.807, 2.05) is 12.2 Å². The van der Waals surface area contributed by atoms with Gasteiger partial charge in [0.25, 0.3) is 5.56 Å². The van der Waals surface area contributed by atoms with Gasteiger partial charge in [-0.1, -0.05) is 67.7 Å². The highest BCUT2D eigenvalue weighted by Crippen LogP contribution is 2.01. The van der Waals surface area contributed by atoms with Crippen LogP contribution in [0.5, 0.6) is 0 Å². The van der Waals surface area contributed by atoms with Crippen LogP contribution in [-0.4, -0.2) is 15.5 Å². The molecule has 0 spiro atoms. The van der Waals surface area contributed by atoms with Crippen molar-refractivity contribution >= 4 is 5.97 Å². The fourth-order valence-corrected chi connectivity index (χ4v) is 2.53. The zero-order valence-electron chi connectivity index (χ0n) is 18.7. The SMILES string of the molecule is CCC=CCC=CCC=CCC=CCC=CCCCC(=O)OCn1cc(F)c(=O)[nH]c1=O. The van der Waals surface area contributed by atoms with E-state index in [4.69, 9.17) is 4.74 Å². The fourth-order valence-electron chi connectivity index (χ4n) is 2.53. The second-order valence-corrected chi connectivity index (χ2v) is 6.95. The quantitative estimate of drug-likeness (QED) is 0.232. The molecule has 0 aliphatic carbocycles. The lowest BCUT2D eigenvalue weighted by Gasteiger charge is -2.06. The summed E-state index contributed by atoms with van der Waals surface area (Å²) in [5.41, 5.74) is -1.93. The molecule has 0 saturated heterocycles. The van der Waals surface area contributed by atoms with Crippen molar-refractivity contribution in [1.29, 1.82) is 0 Å². The number of carbonyl (C=O) groups is 1. The number of aromatic amines is 1. The number of nitrogens with zero attached hydrogens (tertiary/aromatic N) is 1. The van der Waals surface area contributed by atoms with Gasteiger partial charge in [-0.3, -0.25) is 19.1 Å². The summed E-state index contributed by atoms with van der Waals surface area (Å²) in [4.78, 5) is 35.9. The Labute approximate surface area is 188 Å². The molecule has 0 aliphatic heterocycles. The van der Waals surface area contributed by atoms with Crippen LogP contribution in [-0.2, 0) is 16.3 Å². The lowest BCUT2D eigenvalue weighted by atomic mass is 10.2. The second-order valence-electron chi connectivity index (χ2n) is 6.95. The molecule has 0 fully saturated rings. The summed E-state index contributed by atoms with van der Waals surface area (Å²) in [6.07, 6.45) is 28.3. The minimum atomic E-state index is -1.11. The molecule has 0 amide bonds. The van der Waals surface area contributed by atoms with Crippen LogP contribution in [0.25, 0.3) is 0 Å². The molecule has 0 saturated carbocycles. The lowest BCUT2D eigenvalue weighted by molar-refractivity contribution is -0.147. The number of rotatable bonds is 15. The van der Waals surface area contributed by atoms with Gasteiger partial charge in [0.1, 0.15) is 0 Å². The van der Waals surface area contributed by atoms with Gasteiger partial charge in [-0.05, 0) is 44.9 Å². The molecule has 0 atom stereocenters. The van der Waals surface area contributed by atoms with Crippen molar-refractivity contribution < 1.29 is 13.9 Å². The molecule has 0 bridgehead atoms. The van der Waals surface area contributed by atoms with Gasteiger partial charge in [-0.25, -0.2) is 4.79 Å². The van der Waals surface area contributed by atoms with Crippen LogP contribution in [0.1, 0.15) is 58.3 Å². The van der Waals surface area contributed by atoms with E-state index in [1.54, 1.807) is 4.98 Å². The van der Waals surface area contributed by atoms with Gasteiger partial charge in [-0.15, -0.1) is 0 Å². The third-order valence-electron chi connectivity index (χ3n) is 4.24. The van der Waals surface area contributed by atoms with Crippen LogP contribution in [0.3, 0.4) is 0 Å². The van der Waals surface area contributed by atoms with E-state index in [0.29, 0.717) is 12.6 Å². The molecule has 0 unspecified atom stereocenters. The first-order valence-corrected chi connectivity index (χ1v) is 10.9. The third-order valence-corrected chi connectivity index (χ3v) is 4.24. The standard InChI is InChI=1S/C25H33FN2O4/c1-2-3-4-5-6-7-8-9-10-11-12-13-14-15-16-17-18-19-23(29)32-21-28-20-22(26)24(30)27-25(28)31/h3-4,6-7,9-10,12-13,15-16,20H,2,5,8,11,14,17-19,21H2,1H3,(H,27,30,31). The molecular formula is C25H33FN2O4. The summed E-state index contributed by atoms with van der Waals surface area (Å²) < 4.78 is 18.9. The van der Waals surface area contributed by atoms with Gasteiger partial charge >= 0.3 is 11.7 Å². The van der Waals surface area contributed by atoms with Gasteiger partial charge in [0.05, 0.1) is 6.20 Å². The Morgan fingerprint density at radius 3 is 2.03 bits per heavy atom. The maximum absolute atomic E-state index is 13.1. The number of ether oxygens (including phenoxy) is 1. The topological polar surface area (TPSA) is 81.2 Å². The zero-order valence-corrected chi connectivity index (χ0v) is 18.7. The molecule has 1 rings (SSSR count). The number of carbonyl (C=O) groups excluding carboxylic acids is 1. The van der Waals surface area contributed by atoms with Gasteiger partial charge in [0.2, 0.25) is 5.82 Å². The molecule has 0 aromatic carbocycles. The minimum absolute atomic E-state index is 0.189. The Hall–Kier alpha value is -3.22. The first-order valence-electron chi connectivity index (χ1n) is 10.9. The largest absolute Gasteiger partial charge is 0.444 e. The van der Waals surface area contributed by atoms with Crippen LogP contribution >= 0.6 is 0 Å². The minimum Gasteiger partial charge on any atom is -0.444 e. The summed E-state index contributed by atoms with van der Waals surface area (Å²) in [7, 11) is 0. The maximum atomic E-state index is 13.1. The number of nitrogens with one attached hydrogen (secondary N) is 1. The predicted molar refractivity (Wildman–Crippen MR) is 126 cm³/mol. The van der Waals surface area contributed by atoms with Crippen molar-refractivity contribution in [3.63, 3.8) is 0 Å². The van der Waals surface area contributed by atoms with Crippen molar-refractivity contribution in [2.75, 3.05) is 0 Å². The van der Waals surface area contributed by atoms with Crippen molar-refractivity contribution in [3.05, 3.63) is 93.6 Å². The Bertz CT molecular complexity index is 936.